The summed E-state index contributed by atoms with van der Waals surface area (Å²) in [5, 5.41) is 21.0. The highest BCUT2D eigenvalue weighted by Gasteiger charge is 2.32. The van der Waals surface area contributed by atoms with Gasteiger partial charge < -0.3 is 19.9 Å². The van der Waals surface area contributed by atoms with E-state index in [1.807, 2.05) is 66.7 Å². The van der Waals surface area contributed by atoms with Crippen molar-refractivity contribution in [1.29, 1.82) is 0 Å². The molecule has 1 heterocycles. The number of aliphatic hydroxyl groups excluding tert-OH is 1. The molecule has 0 aromatic heterocycles. The Morgan fingerprint density at radius 1 is 0.787 bits per heavy atom. The Balaban J connectivity index is 1.25. The average molecular weight is 638 g/mol. The topological polar surface area (TPSA) is 120 Å². The number of aliphatic hydroxyl groups is 1. The number of hydroxylamine groups is 1. The lowest BCUT2D eigenvalue weighted by molar-refractivity contribution is -0.252. The molecule has 1 aliphatic heterocycles. The Morgan fingerprint density at radius 2 is 1.49 bits per heavy atom. The second-order valence-corrected chi connectivity index (χ2v) is 12.0. The lowest BCUT2D eigenvalue weighted by Gasteiger charge is -2.38. The van der Waals surface area contributed by atoms with Crippen molar-refractivity contribution in [2.45, 2.75) is 63.9 Å². The minimum absolute atomic E-state index is 0.00172. The number of carbonyl (C=O) groups excluding carboxylic acids is 2. The van der Waals surface area contributed by atoms with Gasteiger partial charge in [-0.05, 0) is 52.9 Å². The lowest BCUT2D eigenvalue weighted by atomic mass is 9.99. The minimum atomic E-state index is -0.541. The van der Waals surface area contributed by atoms with Gasteiger partial charge in [0.1, 0.15) is 0 Å². The molecule has 9 heteroatoms. The van der Waals surface area contributed by atoms with E-state index in [2.05, 4.69) is 53.7 Å². The lowest BCUT2D eigenvalue weighted by Crippen LogP contribution is -2.37. The minimum Gasteiger partial charge on any atom is -0.392 e. The maximum absolute atomic E-state index is 12.2. The largest absolute Gasteiger partial charge is 0.392 e. The summed E-state index contributed by atoms with van der Waals surface area (Å²) in [5.74, 6) is -0.650. The second kappa shape index (κ2) is 17.0. The van der Waals surface area contributed by atoms with Gasteiger partial charge in [-0.3, -0.25) is 19.7 Å². The predicted octanol–water partition coefficient (Wildman–Crippen LogP) is 5.82. The molecule has 1 fully saturated rings. The Labute approximate surface area is 276 Å². The van der Waals surface area contributed by atoms with Crippen molar-refractivity contribution >= 4 is 11.8 Å². The standard InChI is InChI=1S/C38H43N3O6/c1-41(24-27-7-3-2-4-8-27)25-34-22-35(31-15-13-28(26-42)14-16-31)47-38(46-34)32-19-17-30(18-20-32)33-10-5-9-29(21-33)23-39-36(43)11-6-12-37(44)40-45/h2-5,7-10,13-21,34-35,38,42,45H,6,11-12,22-26H2,1H3,(H,39,43)(H,40,44)/t34-,35+,38+/m1/s1. The first-order chi connectivity index (χ1) is 22.9. The van der Waals surface area contributed by atoms with Crippen molar-refractivity contribution in [3.63, 3.8) is 0 Å². The summed E-state index contributed by atoms with van der Waals surface area (Å²) in [6.07, 6.45) is 0.628. The Hall–Kier alpha value is -4.38. The predicted molar refractivity (Wildman–Crippen MR) is 179 cm³/mol. The highest BCUT2D eigenvalue weighted by Crippen LogP contribution is 2.38. The van der Waals surface area contributed by atoms with Crippen LogP contribution in [0, 0.1) is 0 Å². The molecule has 0 radical (unpaired) electrons. The molecule has 3 atom stereocenters. The zero-order valence-corrected chi connectivity index (χ0v) is 26.7. The third kappa shape index (κ3) is 10.1. The van der Waals surface area contributed by atoms with Crippen LogP contribution in [0.4, 0.5) is 0 Å². The first kappa shape index (κ1) is 34.0. The number of nitrogens with one attached hydrogen (secondary N) is 2. The molecule has 5 rings (SSSR count). The quantitative estimate of drug-likeness (QED) is 0.102. The van der Waals surface area contributed by atoms with Crippen molar-refractivity contribution < 1.29 is 29.4 Å². The van der Waals surface area contributed by atoms with E-state index in [9.17, 15) is 14.7 Å². The molecule has 4 aromatic carbocycles. The molecule has 2 amide bonds. The van der Waals surface area contributed by atoms with Gasteiger partial charge in [-0.2, -0.15) is 0 Å². The number of rotatable bonds is 14. The number of benzene rings is 4. The van der Waals surface area contributed by atoms with Crippen LogP contribution in [-0.4, -0.2) is 46.7 Å². The van der Waals surface area contributed by atoms with Gasteiger partial charge in [0, 0.05) is 44.5 Å². The SMILES string of the molecule is CN(Cc1ccccc1)C[C@H]1C[C@@H](c2ccc(CO)cc2)O[C@@H](c2ccc(-c3cccc(CNC(=O)CCCC(=O)NO)c3)cc2)O1. The molecule has 0 bridgehead atoms. The normalized spacial score (nSPS) is 17.7. The molecule has 4 N–H and O–H groups in total. The Kier molecular flexibility index (Phi) is 12.3. The van der Waals surface area contributed by atoms with E-state index in [0.29, 0.717) is 19.4 Å². The molecule has 0 unspecified atom stereocenters. The zero-order valence-electron chi connectivity index (χ0n) is 26.7. The third-order valence-electron chi connectivity index (χ3n) is 8.29. The molecular weight excluding hydrogens is 594 g/mol. The Bertz CT molecular complexity index is 1580. The van der Waals surface area contributed by atoms with E-state index in [0.717, 1.165) is 46.5 Å². The average Bonchev–Trinajstić information content (AvgIpc) is 3.11. The molecule has 0 saturated carbocycles. The summed E-state index contributed by atoms with van der Waals surface area (Å²) in [6, 6.07) is 34.5. The van der Waals surface area contributed by atoms with Gasteiger partial charge in [-0.15, -0.1) is 0 Å². The van der Waals surface area contributed by atoms with E-state index in [-0.39, 0.29) is 37.6 Å². The first-order valence-electron chi connectivity index (χ1n) is 16.0. The van der Waals surface area contributed by atoms with Gasteiger partial charge >= 0.3 is 0 Å². The molecule has 9 nitrogen and oxygen atoms in total. The molecule has 1 aliphatic rings. The van der Waals surface area contributed by atoms with Crippen LogP contribution < -0.4 is 10.8 Å². The zero-order chi connectivity index (χ0) is 33.0. The molecule has 1 saturated heterocycles. The number of likely N-dealkylation sites (N-methyl/N-ethyl adjacent to an activating group) is 1. The van der Waals surface area contributed by atoms with Crippen molar-refractivity contribution in [3.05, 3.63) is 131 Å². The van der Waals surface area contributed by atoms with E-state index in [1.54, 1.807) is 5.48 Å². The monoisotopic (exact) mass is 637 g/mol. The summed E-state index contributed by atoms with van der Waals surface area (Å²) in [7, 11) is 2.11. The summed E-state index contributed by atoms with van der Waals surface area (Å²) in [5.41, 5.74) is 8.70. The van der Waals surface area contributed by atoms with Gasteiger partial charge in [-0.1, -0.05) is 97.1 Å². The van der Waals surface area contributed by atoms with Crippen LogP contribution >= 0.6 is 0 Å². The van der Waals surface area contributed by atoms with Gasteiger partial charge in [0.05, 0.1) is 18.8 Å². The van der Waals surface area contributed by atoms with Crippen LogP contribution in [0.25, 0.3) is 11.1 Å². The fraction of sp³-hybridized carbons (Fsp3) is 0.316. The molecule has 246 valence electrons. The summed E-state index contributed by atoms with van der Waals surface area (Å²) >= 11 is 0. The number of hydrogen-bond acceptors (Lipinski definition) is 7. The van der Waals surface area contributed by atoms with Crippen molar-refractivity contribution in [1.82, 2.24) is 15.7 Å². The second-order valence-electron chi connectivity index (χ2n) is 12.0. The highest BCUT2D eigenvalue weighted by molar-refractivity contribution is 5.78. The van der Waals surface area contributed by atoms with Gasteiger partial charge in [-0.25, -0.2) is 5.48 Å². The van der Waals surface area contributed by atoms with Crippen LogP contribution in [0.5, 0.6) is 0 Å². The van der Waals surface area contributed by atoms with Gasteiger partial charge in [0.2, 0.25) is 11.8 Å². The highest BCUT2D eigenvalue weighted by atomic mass is 16.7. The smallest absolute Gasteiger partial charge is 0.243 e. The van der Waals surface area contributed by atoms with Crippen LogP contribution in [0.1, 0.15) is 65.9 Å². The van der Waals surface area contributed by atoms with E-state index < -0.39 is 12.2 Å². The third-order valence-corrected chi connectivity index (χ3v) is 8.29. The van der Waals surface area contributed by atoms with Crippen LogP contribution in [-0.2, 0) is 38.8 Å². The number of hydrogen-bond donors (Lipinski definition) is 4. The summed E-state index contributed by atoms with van der Waals surface area (Å²) in [4.78, 5) is 25.6. The van der Waals surface area contributed by atoms with E-state index in [1.165, 1.54) is 5.56 Å². The van der Waals surface area contributed by atoms with Crippen LogP contribution in [0.3, 0.4) is 0 Å². The number of amides is 2. The summed E-state index contributed by atoms with van der Waals surface area (Å²) < 4.78 is 13.1. The fourth-order valence-electron chi connectivity index (χ4n) is 5.79. The van der Waals surface area contributed by atoms with Gasteiger partial charge in [0.15, 0.2) is 6.29 Å². The molecule has 0 aliphatic carbocycles. The van der Waals surface area contributed by atoms with Crippen LogP contribution in [0.2, 0.25) is 0 Å². The first-order valence-corrected chi connectivity index (χ1v) is 16.0. The molecule has 47 heavy (non-hydrogen) atoms. The number of nitrogens with zero attached hydrogens (tertiary/aromatic N) is 1. The molecule has 0 spiro atoms. The Morgan fingerprint density at radius 3 is 2.21 bits per heavy atom. The van der Waals surface area contributed by atoms with Crippen molar-refractivity contribution in [3.8, 4) is 11.1 Å². The van der Waals surface area contributed by atoms with Crippen LogP contribution in [0.15, 0.2) is 103 Å². The maximum Gasteiger partial charge on any atom is 0.243 e. The van der Waals surface area contributed by atoms with E-state index >= 15 is 0 Å². The molecular formula is C38H43N3O6. The molecule has 4 aromatic rings. The van der Waals surface area contributed by atoms with Crippen molar-refractivity contribution in [2.24, 2.45) is 0 Å². The van der Waals surface area contributed by atoms with E-state index in [4.69, 9.17) is 14.7 Å². The maximum atomic E-state index is 12.2. The van der Waals surface area contributed by atoms with Crippen molar-refractivity contribution in [2.75, 3.05) is 13.6 Å². The number of ether oxygens (including phenoxy) is 2. The van der Waals surface area contributed by atoms with Gasteiger partial charge in [0.25, 0.3) is 0 Å². The fourth-order valence-corrected chi connectivity index (χ4v) is 5.79. The number of carbonyl (C=O) groups is 2. The summed E-state index contributed by atoms with van der Waals surface area (Å²) in [6.45, 7) is 1.95.